The van der Waals surface area contributed by atoms with Gasteiger partial charge in [0.2, 0.25) is 0 Å². The fourth-order valence-electron chi connectivity index (χ4n) is 3.21. The van der Waals surface area contributed by atoms with E-state index >= 15 is 0 Å². The number of pyridine rings is 1. The molecule has 1 aromatic heterocycles. The van der Waals surface area contributed by atoms with E-state index < -0.39 is 22.6 Å². The maximum Gasteiger partial charge on any atom is 0.387 e. The molecule has 1 saturated heterocycles. The molecule has 9 heteroatoms. The second-order valence-electron chi connectivity index (χ2n) is 6.89. The van der Waals surface area contributed by atoms with Crippen molar-refractivity contribution in [1.29, 1.82) is 0 Å². The summed E-state index contributed by atoms with van der Waals surface area (Å²) in [6.07, 6.45) is 3.17. The molecule has 156 valence electrons. The predicted octanol–water partition coefficient (Wildman–Crippen LogP) is 3.26. The van der Waals surface area contributed by atoms with Crippen LogP contribution in [0, 0.1) is 13.8 Å². The summed E-state index contributed by atoms with van der Waals surface area (Å²) >= 11 is 0. The molecule has 1 aliphatic heterocycles. The third-order valence-corrected chi connectivity index (χ3v) is 6.28. The van der Waals surface area contributed by atoms with Crippen molar-refractivity contribution in [3.05, 3.63) is 57.5 Å². The van der Waals surface area contributed by atoms with Gasteiger partial charge in [0.25, 0.3) is 0 Å². The van der Waals surface area contributed by atoms with Crippen molar-refractivity contribution < 1.29 is 26.7 Å². The topological polar surface area (TPSA) is 74.6 Å². The highest BCUT2D eigenvalue weighted by Gasteiger charge is 2.30. The highest BCUT2D eigenvalue weighted by Crippen LogP contribution is 2.33. The molecule has 0 amide bonds. The second kappa shape index (κ2) is 8.36. The average Bonchev–Trinajstić information content (AvgIpc) is 2.94. The summed E-state index contributed by atoms with van der Waals surface area (Å²) in [7, 11) is -3.18. The normalized spacial score (nSPS) is 18.4. The number of aromatic nitrogens is 1. The van der Waals surface area contributed by atoms with Crippen molar-refractivity contribution in [2.45, 2.75) is 33.0 Å². The van der Waals surface area contributed by atoms with E-state index in [9.17, 15) is 22.0 Å². The number of sulfone groups is 1. The highest BCUT2D eigenvalue weighted by atomic mass is 32.2. The van der Waals surface area contributed by atoms with Crippen LogP contribution in [0.1, 0.15) is 23.4 Å². The molecule has 0 aliphatic carbocycles. The smallest absolute Gasteiger partial charge is 0.387 e. The molecule has 0 bridgehead atoms. The quantitative estimate of drug-likeness (QED) is 0.710. The Bertz CT molecular complexity index is 1070. The summed E-state index contributed by atoms with van der Waals surface area (Å²) in [4.78, 5) is 11.5. The van der Waals surface area contributed by atoms with Crippen LogP contribution >= 0.6 is 0 Å². The predicted molar refractivity (Wildman–Crippen MR) is 106 cm³/mol. The van der Waals surface area contributed by atoms with Crippen LogP contribution in [0.4, 0.5) is 8.78 Å². The molecule has 2 aromatic rings. The van der Waals surface area contributed by atoms with Gasteiger partial charge in [0, 0.05) is 29.7 Å². The monoisotopic (exact) mass is 425 g/mol. The van der Waals surface area contributed by atoms with Gasteiger partial charge < -0.3 is 14.0 Å². The van der Waals surface area contributed by atoms with Crippen molar-refractivity contribution in [1.82, 2.24) is 4.57 Å². The second-order valence-corrected chi connectivity index (χ2v) is 9.12. The molecule has 2 heterocycles. The zero-order chi connectivity index (χ0) is 21.2. The fraction of sp³-hybridized carbons (Fsp3) is 0.350. The van der Waals surface area contributed by atoms with E-state index in [0.717, 1.165) is 11.4 Å². The minimum Gasteiger partial charge on any atom is -0.485 e. The Hall–Kier alpha value is -2.68. The van der Waals surface area contributed by atoms with Gasteiger partial charge in [-0.15, -0.1) is 0 Å². The van der Waals surface area contributed by atoms with E-state index in [4.69, 9.17) is 4.74 Å². The first-order valence-electron chi connectivity index (χ1n) is 8.97. The number of aryl methyl sites for hydroxylation is 2. The fourth-order valence-corrected chi connectivity index (χ4v) is 4.80. The van der Waals surface area contributed by atoms with Crippen molar-refractivity contribution in [3.8, 4) is 11.5 Å². The number of alkyl halides is 2. The molecule has 1 aromatic carbocycles. The third-order valence-electron chi connectivity index (χ3n) is 4.55. The summed E-state index contributed by atoms with van der Waals surface area (Å²) in [6, 6.07) is 7.47. The number of ether oxygens (including phenoxy) is 2. The van der Waals surface area contributed by atoms with Gasteiger partial charge in [-0.05, 0) is 44.0 Å². The van der Waals surface area contributed by atoms with Gasteiger partial charge >= 0.3 is 6.61 Å². The third kappa shape index (κ3) is 5.44. The van der Waals surface area contributed by atoms with Gasteiger partial charge in [-0.3, -0.25) is 4.79 Å². The molecule has 1 atom stereocenters. The molecule has 6 nitrogen and oxygen atoms in total. The summed E-state index contributed by atoms with van der Waals surface area (Å²) in [6.45, 7) is 0.568. The van der Waals surface area contributed by atoms with Crippen molar-refractivity contribution in [2.24, 2.45) is 0 Å². The summed E-state index contributed by atoms with van der Waals surface area (Å²) < 4.78 is 60.7. The summed E-state index contributed by atoms with van der Waals surface area (Å²) in [5.74, 6) is -0.246. The van der Waals surface area contributed by atoms with Crippen LogP contribution in [0.2, 0.25) is 0 Å². The molecule has 0 N–H and O–H groups in total. The molecule has 3 rings (SSSR count). The van der Waals surface area contributed by atoms with Crippen LogP contribution in [0.25, 0.3) is 12.3 Å². The Labute approximate surface area is 167 Å². The van der Waals surface area contributed by atoms with Gasteiger partial charge in [0.05, 0.1) is 11.5 Å². The lowest BCUT2D eigenvalue weighted by atomic mass is 10.2. The molecule has 29 heavy (non-hydrogen) atoms. The maximum atomic E-state index is 12.7. The van der Waals surface area contributed by atoms with Gasteiger partial charge in [0.15, 0.2) is 26.8 Å². The van der Waals surface area contributed by atoms with E-state index in [0.29, 0.717) is 12.0 Å². The minimum atomic E-state index is -3.18. The molecule has 0 radical (unpaired) electrons. The molecular formula is C20H21F2NO5S. The summed E-state index contributed by atoms with van der Waals surface area (Å²) in [5.41, 5.74) is 2.05. The van der Waals surface area contributed by atoms with Gasteiger partial charge in [-0.25, -0.2) is 8.42 Å². The first-order chi connectivity index (χ1) is 13.6. The number of hydrogen-bond donors (Lipinski definition) is 0. The lowest BCUT2D eigenvalue weighted by Gasteiger charge is -2.16. The number of hydrogen-bond acceptors (Lipinski definition) is 5. The number of benzene rings is 1. The minimum absolute atomic E-state index is 0.00714. The Morgan fingerprint density at radius 2 is 1.83 bits per heavy atom. The van der Waals surface area contributed by atoms with Crippen LogP contribution in [0.3, 0.4) is 0 Å². The number of nitrogens with zero attached hydrogens (tertiary/aromatic N) is 1. The lowest BCUT2D eigenvalue weighted by Crippen LogP contribution is -2.18. The molecule has 1 fully saturated rings. The van der Waals surface area contributed by atoms with E-state index in [1.165, 1.54) is 24.3 Å². The lowest BCUT2D eigenvalue weighted by molar-refractivity contribution is -0.0519. The van der Waals surface area contributed by atoms with Gasteiger partial charge in [-0.1, -0.05) is 6.07 Å². The van der Waals surface area contributed by atoms with E-state index in [1.54, 1.807) is 32.2 Å². The maximum absolute atomic E-state index is 12.7. The Morgan fingerprint density at radius 1 is 1.14 bits per heavy atom. The SMILES string of the molecule is Cc1cc(=O)cc(C)n1/C=C/c1ccc(OC(F)F)c(O[C@H]2CCS(=O)(=O)C2)c1. The van der Waals surface area contributed by atoms with Crippen LogP contribution in [0.5, 0.6) is 11.5 Å². The van der Waals surface area contributed by atoms with Gasteiger partial charge in [0.1, 0.15) is 6.10 Å². The van der Waals surface area contributed by atoms with E-state index in [2.05, 4.69) is 4.74 Å². The highest BCUT2D eigenvalue weighted by molar-refractivity contribution is 7.91. The van der Waals surface area contributed by atoms with Crippen molar-refractivity contribution >= 4 is 22.1 Å². The first kappa shape index (κ1) is 21.0. The molecule has 0 spiro atoms. The van der Waals surface area contributed by atoms with Crippen LogP contribution < -0.4 is 14.9 Å². The van der Waals surface area contributed by atoms with Crippen LogP contribution in [-0.4, -0.2) is 37.2 Å². The molecule has 0 unspecified atom stereocenters. The molecular weight excluding hydrogens is 404 g/mol. The average molecular weight is 425 g/mol. The Morgan fingerprint density at radius 3 is 2.41 bits per heavy atom. The Kier molecular flexibility index (Phi) is 6.07. The van der Waals surface area contributed by atoms with Crippen LogP contribution in [-0.2, 0) is 9.84 Å². The number of rotatable bonds is 6. The molecule has 0 saturated carbocycles. The van der Waals surface area contributed by atoms with E-state index in [1.807, 2.05) is 4.57 Å². The van der Waals surface area contributed by atoms with Crippen LogP contribution in [0.15, 0.2) is 35.1 Å². The number of halogens is 2. The first-order valence-corrected chi connectivity index (χ1v) is 10.8. The Balaban J connectivity index is 1.89. The largest absolute Gasteiger partial charge is 0.485 e. The standard InChI is InChI=1S/C20H21F2NO5S/c1-13-9-16(24)10-14(2)23(13)7-5-15-3-4-18(28-20(21)22)19(11-15)27-17-6-8-29(25,26)12-17/h3-5,7,9-11,17,20H,6,8,12H2,1-2H3/b7-5+/t17-/m0/s1. The van der Waals surface area contributed by atoms with Crippen molar-refractivity contribution in [2.75, 3.05) is 11.5 Å². The zero-order valence-electron chi connectivity index (χ0n) is 16.0. The molecule has 1 aliphatic rings. The van der Waals surface area contributed by atoms with Gasteiger partial charge in [-0.2, -0.15) is 8.78 Å². The zero-order valence-corrected chi connectivity index (χ0v) is 16.8. The summed E-state index contributed by atoms with van der Waals surface area (Å²) in [5, 5.41) is 0. The van der Waals surface area contributed by atoms with E-state index in [-0.39, 0.29) is 28.4 Å². The van der Waals surface area contributed by atoms with Crippen molar-refractivity contribution in [3.63, 3.8) is 0 Å².